The number of amides is 1. The molecule has 0 heterocycles. The summed E-state index contributed by atoms with van der Waals surface area (Å²) in [7, 11) is 0. The number of allylic oxidation sites excluding steroid dienone is 1. The van der Waals surface area contributed by atoms with Crippen LogP contribution in [0.1, 0.15) is 40.5 Å². The molecule has 1 amide bonds. The maximum Gasteiger partial charge on any atom is 0.408 e. The number of carboxylic acid groups (broad SMARTS) is 1. The molecule has 7 heteroatoms. The Kier molecular flexibility index (Phi) is 7.12. The Balaban J connectivity index is 2.44. The van der Waals surface area contributed by atoms with Gasteiger partial charge in [-0.2, -0.15) is 0 Å². The zero-order chi connectivity index (χ0) is 17.6. The highest BCUT2D eigenvalue weighted by Crippen LogP contribution is 2.27. The van der Waals surface area contributed by atoms with Gasteiger partial charge in [-0.1, -0.05) is 23.9 Å². The van der Waals surface area contributed by atoms with E-state index in [2.05, 4.69) is 5.32 Å². The average molecular weight is 343 g/mol. The number of alkyl carbamates (subject to hydrolysis) is 1. The van der Waals surface area contributed by atoms with Gasteiger partial charge in [-0.25, -0.2) is 4.79 Å². The summed E-state index contributed by atoms with van der Waals surface area (Å²) in [5.41, 5.74) is -0.551. The molecule has 0 aromatic heterocycles. The predicted octanol–water partition coefficient (Wildman–Crippen LogP) is 2.83. The first-order chi connectivity index (χ1) is 10.6. The zero-order valence-electron chi connectivity index (χ0n) is 14.0. The minimum absolute atomic E-state index is 0.0728. The molecule has 3 atom stereocenters. The Labute approximate surface area is 141 Å². The van der Waals surface area contributed by atoms with Gasteiger partial charge in [-0.15, -0.1) is 0 Å². The molecule has 0 aromatic rings. The molecule has 1 aliphatic carbocycles. The van der Waals surface area contributed by atoms with Crippen molar-refractivity contribution in [1.29, 1.82) is 0 Å². The van der Waals surface area contributed by atoms with Crippen molar-refractivity contribution in [2.75, 3.05) is 5.75 Å². The topological polar surface area (TPSA) is 92.7 Å². The molecule has 0 radical (unpaired) electrons. The maximum absolute atomic E-state index is 11.7. The Morgan fingerprint density at radius 2 is 2.00 bits per heavy atom. The summed E-state index contributed by atoms with van der Waals surface area (Å²) >= 11 is 1.04. The van der Waals surface area contributed by atoms with Crippen LogP contribution in [0.3, 0.4) is 0 Å². The molecule has 1 unspecified atom stereocenters. The molecule has 130 valence electrons. The van der Waals surface area contributed by atoms with Crippen molar-refractivity contribution >= 4 is 28.9 Å². The number of carbonyl (C=O) groups excluding carboxylic acids is 2. The van der Waals surface area contributed by atoms with Crippen LogP contribution in [0, 0.1) is 11.8 Å². The summed E-state index contributed by atoms with van der Waals surface area (Å²) in [6, 6.07) is -0.148. The van der Waals surface area contributed by atoms with Crippen molar-refractivity contribution in [2.45, 2.75) is 52.2 Å². The fraction of sp³-hybridized carbons (Fsp3) is 0.688. The average Bonchev–Trinajstić information content (AvgIpc) is 2.78. The summed E-state index contributed by atoms with van der Waals surface area (Å²) in [4.78, 5) is 34.0. The van der Waals surface area contributed by atoms with Gasteiger partial charge in [0.15, 0.2) is 5.12 Å². The van der Waals surface area contributed by atoms with Crippen LogP contribution in [0.2, 0.25) is 0 Å². The highest BCUT2D eigenvalue weighted by Gasteiger charge is 2.28. The number of thioether (sulfide) groups is 1. The van der Waals surface area contributed by atoms with E-state index in [0.29, 0.717) is 12.8 Å². The van der Waals surface area contributed by atoms with Gasteiger partial charge < -0.3 is 15.2 Å². The molecule has 2 N–H and O–H groups in total. The normalized spacial score (nSPS) is 21.7. The van der Waals surface area contributed by atoms with Crippen LogP contribution in [-0.4, -0.2) is 39.7 Å². The number of ether oxygens (including phenoxy) is 1. The van der Waals surface area contributed by atoms with Gasteiger partial charge in [-0.3, -0.25) is 9.59 Å². The van der Waals surface area contributed by atoms with Gasteiger partial charge in [0.25, 0.3) is 0 Å². The monoisotopic (exact) mass is 343 g/mol. The second kappa shape index (κ2) is 8.38. The van der Waals surface area contributed by atoms with Gasteiger partial charge in [-0.05, 0) is 39.5 Å². The quantitative estimate of drug-likeness (QED) is 0.721. The Morgan fingerprint density at radius 1 is 1.35 bits per heavy atom. The minimum Gasteiger partial charge on any atom is -0.481 e. The highest BCUT2D eigenvalue weighted by atomic mass is 32.2. The van der Waals surface area contributed by atoms with Gasteiger partial charge in [0.2, 0.25) is 0 Å². The molecule has 0 fully saturated rings. The summed E-state index contributed by atoms with van der Waals surface area (Å²) in [6.45, 7) is 6.82. The van der Waals surface area contributed by atoms with Crippen molar-refractivity contribution in [2.24, 2.45) is 11.8 Å². The number of nitrogens with one attached hydrogen (secondary N) is 1. The van der Waals surface area contributed by atoms with Crippen molar-refractivity contribution in [3.63, 3.8) is 0 Å². The minimum atomic E-state index is -0.893. The zero-order valence-corrected chi connectivity index (χ0v) is 14.8. The van der Waals surface area contributed by atoms with Gasteiger partial charge in [0.05, 0.1) is 12.0 Å². The van der Waals surface area contributed by atoms with Crippen LogP contribution in [-0.2, 0) is 14.3 Å². The molecule has 0 spiro atoms. The summed E-state index contributed by atoms with van der Waals surface area (Å²) < 4.78 is 5.20. The number of carboxylic acids is 1. The lowest BCUT2D eigenvalue weighted by Crippen LogP contribution is -2.37. The first-order valence-electron chi connectivity index (χ1n) is 7.61. The van der Waals surface area contributed by atoms with E-state index in [9.17, 15) is 19.5 Å². The number of carbonyl (C=O) groups is 3. The molecule has 0 aliphatic heterocycles. The van der Waals surface area contributed by atoms with Gasteiger partial charge in [0, 0.05) is 12.7 Å². The second-order valence-electron chi connectivity index (χ2n) is 6.71. The summed E-state index contributed by atoms with van der Waals surface area (Å²) in [5.74, 6) is -1.11. The molecular formula is C16H25NO5S. The highest BCUT2D eigenvalue weighted by molar-refractivity contribution is 8.13. The lowest BCUT2D eigenvalue weighted by atomic mass is 9.95. The van der Waals surface area contributed by atoms with E-state index in [1.165, 1.54) is 6.92 Å². The van der Waals surface area contributed by atoms with Crippen molar-refractivity contribution < 1.29 is 24.2 Å². The van der Waals surface area contributed by atoms with E-state index in [4.69, 9.17) is 4.74 Å². The van der Waals surface area contributed by atoms with E-state index in [1.807, 2.05) is 12.2 Å². The number of rotatable bonds is 6. The SMILES string of the molecule is CC(=O)SCC(C[C@@H]1C=C[C@H](NC(=O)OC(C)(C)C)C1)C(=O)O. The second-order valence-corrected chi connectivity index (χ2v) is 7.90. The van der Waals surface area contributed by atoms with Crippen LogP contribution in [0.4, 0.5) is 4.79 Å². The van der Waals surface area contributed by atoms with Crippen LogP contribution < -0.4 is 5.32 Å². The van der Waals surface area contributed by atoms with E-state index in [0.717, 1.165) is 11.8 Å². The third kappa shape index (κ3) is 8.06. The molecule has 1 aliphatic rings. The summed E-state index contributed by atoms with van der Waals surface area (Å²) in [5, 5.41) is 11.9. The van der Waals surface area contributed by atoms with Gasteiger partial charge in [0.1, 0.15) is 5.60 Å². The molecular weight excluding hydrogens is 318 g/mol. The van der Waals surface area contributed by atoms with Crippen LogP contribution >= 0.6 is 11.8 Å². The van der Waals surface area contributed by atoms with Crippen LogP contribution in [0.5, 0.6) is 0 Å². The third-order valence-corrected chi connectivity index (χ3v) is 4.27. The first kappa shape index (κ1) is 19.5. The molecule has 0 bridgehead atoms. The van der Waals surface area contributed by atoms with E-state index >= 15 is 0 Å². The van der Waals surface area contributed by atoms with E-state index in [1.54, 1.807) is 20.8 Å². The number of hydrogen-bond donors (Lipinski definition) is 2. The third-order valence-electron chi connectivity index (χ3n) is 3.30. The molecule has 6 nitrogen and oxygen atoms in total. The molecule has 0 saturated carbocycles. The lowest BCUT2D eigenvalue weighted by molar-refractivity contribution is -0.141. The van der Waals surface area contributed by atoms with Crippen LogP contribution in [0.15, 0.2) is 12.2 Å². The van der Waals surface area contributed by atoms with E-state index in [-0.39, 0.29) is 22.8 Å². The number of aliphatic carboxylic acids is 1. The summed E-state index contributed by atoms with van der Waals surface area (Å²) in [6.07, 6.45) is 4.42. The van der Waals surface area contributed by atoms with Gasteiger partial charge >= 0.3 is 12.1 Å². The van der Waals surface area contributed by atoms with Crippen molar-refractivity contribution in [1.82, 2.24) is 5.32 Å². The Bertz CT molecular complexity index is 483. The fourth-order valence-corrected chi connectivity index (χ4v) is 3.05. The van der Waals surface area contributed by atoms with E-state index < -0.39 is 23.6 Å². The Morgan fingerprint density at radius 3 is 2.52 bits per heavy atom. The smallest absolute Gasteiger partial charge is 0.408 e. The number of hydrogen-bond acceptors (Lipinski definition) is 5. The lowest BCUT2D eigenvalue weighted by Gasteiger charge is -2.22. The fourth-order valence-electron chi connectivity index (χ4n) is 2.34. The Hall–Kier alpha value is -1.50. The van der Waals surface area contributed by atoms with Crippen molar-refractivity contribution in [3.05, 3.63) is 12.2 Å². The first-order valence-corrected chi connectivity index (χ1v) is 8.59. The maximum atomic E-state index is 11.7. The largest absolute Gasteiger partial charge is 0.481 e. The molecule has 0 aromatic carbocycles. The standard InChI is InChI=1S/C16H25NO5S/c1-10(18)23-9-12(14(19)20)7-11-5-6-13(8-11)17-15(21)22-16(2,3)4/h5-6,11-13H,7-9H2,1-4H3,(H,17,21)(H,19,20)/t11-,12?,13-/m0/s1. The molecule has 23 heavy (non-hydrogen) atoms. The van der Waals surface area contributed by atoms with Crippen LogP contribution in [0.25, 0.3) is 0 Å². The molecule has 0 saturated heterocycles. The van der Waals surface area contributed by atoms with Crippen molar-refractivity contribution in [3.8, 4) is 0 Å². The molecule has 1 rings (SSSR count). The predicted molar refractivity (Wildman–Crippen MR) is 89.3 cm³/mol.